The number of nitrogens with zero attached hydrogens (tertiary/aromatic N) is 3. The summed E-state index contributed by atoms with van der Waals surface area (Å²) in [7, 11) is -3.96. The van der Waals surface area contributed by atoms with Gasteiger partial charge in [-0.15, -0.1) is 0 Å². The fraction of sp³-hybridized carbons (Fsp3) is 0.174. The lowest BCUT2D eigenvalue weighted by molar-refractivity contribution is -0.137. The number of hydrogen-bond donors (Lipinski definition) is 2. The summed E-state index contributed by atoms with van der Waals surface area (Å²) < 4.78 is 63.7. The van der Waals surface area contributed by atoms with Crippen LogP contribution in [-0.2, 0) is 16.2 Å². The fourth-order valence-corrected chi connectivity index (χ4v) is 4.30. The summed E-state index contributed by atoms with van der Waals surface area (Å²) in [6.45, 7) is 0. The number of carbonyl (C=O) groups excluding carboxylic acids is 1. The molecule has 8 nitrogen and oxygen atoms in total. The van der Waals surface area contributed by atoms with Gasteiger partial charge in [0, 0.05) is 22.9 Å². The predicted octanol–water partition coefficient (Wildman–Crippen LogP) is 4.19. The lowest BCUT2D eigenvalue weighted by atomic mass is 10.1. The van der Waals surface area contributed by atoms with E-state index in [9.17, 15) is 26.4 Å². The molecule has 0 unspecified atom stereocenters. The van der Waals surface area contributed by atoms with E-state index in [-0.39, 0.29) is 27.7 Å². The van der Waals surface area contributed by atoms with E-state index in [0.29, 0.717) is 11.3 Å². The third-order valence-corrected chi connectivity index (χ3v) is 6.58. The van der Waals surface area contributed by atoms with Crippen LogP contribution in [0, 0.1) is 0 Å². The van der Waals surface area contributed by atoms with E-state index in [0.717, 1.165) is 30.7 Å². The minimum absolute atomic E-state index is 0.127. The van der Waals surface area contributed by atoms with Gasteiger partial charge in [0.1, 0.15) is 5.56 Å². The summed E-state index contributed by atoms with van der Waals surface area (Å²) in [5.74, 6) is -0.374. The van der Waals surface area contributed by atoms with Crippen LogP contribution in [0.25, 0.3) is 16.9 Å². The monoisotopic (exact) mass is 501 g/mol. The number of carbonyl (C=O) groups is 1. The van der Waals surface area contributed by atoms with E-state index in [1.807, 2.05) is 0 Å². The first-order chi connectivity index (χ1) is 16.5. The molecular weight excluding hydrogens is 483 g/mol. The van der Waals surface area contributed by atoms with Crippen molar-refractivity contribution in [2.75, 3.05) is 5.32 Å². The van der Waals surface area contributed by atoms with E-state index in [1.165, 1.54) is 42.6 Å². The van der Waals surface area contributed by atoms with Crippen molar-refractivity contribution in [1.29, 1.82) is 0 Å². The van der Waals surface area contributed by atoms with E-state index in [4.69, 9.17) is 5.14 Å². The maximum absolute atomic E-state index is 13.0. The van der Waals surface area contributed by atoms with E-state index in [1.54, 1.807) is 10.6 Å². The number of benzene rings is 2. The largest absolute Gasteiger partial charge is 0.416 e. The molecular formula is C23H18F3N5O3S. The van der Waals surface area contributed by atoms with E-state index >= 15 is 0 Å². The quantitative estimate of drug-likeness (QED) is 0.425. The molecule has 3 N–H and O–H groups in total. The molecule has 1 saturated carbocycles. The van der Waals surface area contributed by atoms with Crippen molar-refractivity contribution >= 4 is 27.3 Å². The van der Waals surface area contributed by atoms with Crippen molar-refractivity contribution in [3.63, 3.8) is 0 Å². The molecule has 0 bridgehead atoms. The van der Waals surface area contributed by atoms with Gasteiger partial charge in [0.05, 0.1) is 22.3 Å². The summed E-state index contributed by atoms with van der Waals surface area (Å²) in [6, 6.07) is 11.9. The number of halogens is 3. The third kappa shape index (κ3) is 4.62. The Morgan fingerprint density at radius 3 is 2.43 bits per heavy atom. The zero-order valence-corrected chi connectivity index (χ0v) is 18.8. The summed E-state index contributed by atoms with van der Waals surface area (Å²) in [4.78, 5) is 17.4. The highest BCUT2D eigenvalue weighted by Gasteiger charge is 2.31. The second kappa shape index (κ2) is 8.17. The van der Waals surface area contributed by atoms with Crippen molar-refractivity contribution in [3.8, 4) is 11.3 Å². The lowest BCUT2D eigenvalue weighted by Crippen LogP contribution is -2.15. The minimum atomic E-state index is -4.45. The van der Waals surface area contributed by atoms with Gasteiger partial charge in [-0.25, -0.2) is 23.1 Å². The molecule has 2 heterocycles. The molecule has 2 aromatic carbocycles. The van der Waals surface area contributed by atoms with Gasteiger partial charge < -0.3 is 5.32 Å². The lowest BCUT2D eigenvalue weighted by Gasteiger charge is -2.10. The molecule has 0 saturated heterocycles. The van der Waals surface area contributed by atoms with Crippen molar-refractivity contribution < 1.29 is 26.4 Å². The van der Waals surface area contributed by atoms with Gasteiger partial charge in [-0.2, -0.15) is 18.3 Å². The molecule has 1 aliphatic carbocycles. The summed E-state index contributed by atoms with van der Waals surface area (Å²) in [5.41, 5.74) is 1.50. The van der Waals surface area contributed by atoms with Crippen molar-refractivity contribution in [2.45, 2.75) is 29.8 Å². The number of aromatic nitrogens is 3. The van der Waals surface area contributed by atoms with E-state index < -0.39 is 27.7 Å². The van der Waals surface area contributed by atoms with Crippen molar-refractivity contribution in [3.05, 3.63) is 77.6 Å². The van der Waals surface area contributed by atoms with Crippen molar-refractivity contribution in [2.24, 2.45) is 5.14 Å². The first kappa shape index (κ1) is 23.0. The molecule has 1 fully saturated rings. The Labute approximate surface area is 197 Å². The topological polar surface area (TPSA) is 119 Å². The Kier molecular flexibility index (Phi) is 5.37. The highest BCUT2D eigenvalue weighted by atomic mass is 32.2. The average Bonchev–Trinajstić information content (AvgIpc) is 3.56. The molecule has 1 aliphatic rings. The number of hydrogen-bond acceptors (Lipinski definition) is 5. The van der Waals surface area contributed by atoms with Crippen LogP contribution < -0.4 is 10.5 Å². The molecule has 180 valence electrons. The molecule has 0 spiro atoms. The smallest absolute Gasteiger partial charge is 0.322 e. The summed E-state index contributed by atoms with van der Waals surface area (Å²) >= 11 is 0. The van der Waals surface area contributed by atoms with Gasteiger partial charge in [-0.1, -0.05) is 18.2 Å². The van der Waals surface area contributed by atoms with Gasteiger partial charge in [0.25, 0.3) is 5.91 Å². The Morgan fingerprint density at radius 1 is 1.09 bits per heavy atom. The molecule has 5 rings (SSSR count). The van der Waals surface area contributed by atoms with Crippen LogP contribution in [0.15, 0.2) is 65.7 Å². The number of rotatable bonds is 5. The van der Waals surface area contributed by atoms with Crippen LogP contribution in [-0.4, -0.2) is 28.9 Å². The Balaban J connectivity index is 1.54. The highest BCUT2D eigenvalue weighted by Crippen LogP contribution is 2.41. The van der Waals surface area contributed by atoms with Crippen LogP contribution >= 0.6 is 0 Å². The van der Waals surface area contributed by atoms with E-state index in [2.05, 4.69) is 15.4 Å². The van der Waals surface area contributed by atoms with Crippen LogP contribution in [0.5, 0.6) is 0 Å². The van der Waals surface area contributed by atoms with Crippen LogP contribution in [0.3, 0.4) is 0 Å². The van der Waals surface area contributed by atoms with Crippen LogP contribution in [0.2, 0.25) is 0 Å². The first-order valence-corrected chi connectivity index (χ1v) is 12.1. The summed E-state index contributed by atoms with van der Waals surface area (Å²) in [6.07, 6.45) is -1.25. The normalized spacial score (nSPS) is 14.3. The first-order valence-electron chi connectivity index (χ1n) is 10.5. The zero-order valence-electron chi connectivity index (χ0n) is 18.0. The molecule has 0 atom stereocenters. The standard InChI is InChI=1S/C23H18F3N5O3S/c24-23(25,26)15-8-6-13(7-9-15)19-11-20(14-4-5-14)31-21(30-19)18(12-28-31)22(32)29-16-2-1-3-17(10-16)35(27,33)34/h1-3,6-12,14H,4-5H2,(H,29,32)(H2,27,33,34). The average molecular weight is 501 g/mol. The number of nitrogens with one attached hydrogen (secondary N) is 1. The fourth-order valence-electron chi connectivity index (χ4n) is 3.74. The van der Waals surface area contributed by atoms with Gasteiger partial charge in [0.15, 0.2) is 5.65 Å². The number of amides is 1. The zero-order chi connectivity index (χ0) is 25.0. The SMILES string of the molecule is NS(=O)(=O)c1cccc(NC(=O)c2cnn3c(C4CC4)cc(-c4ccc(C(F)(F)F)cc4)nc23)c1. The molecule has 0 radical (unpaired) electrons. The number of alkyl halides is 3. The number of fused-ring (bicyclic) bond motifs is 1. The molecule has 12 heteroatoms. The number of sulfonamides is 1. The number of primary sulfonamides is 1. The summed E-state index contributed by atoms with van der Waals surface area (Å²) in [5, 5.41) is 12.1. The number of anilines is 1. The Hall–Kier alpha value is -3.77. The minimum Gasteiger partial charge on any atom is -0.322 e. The molecule has 1 amide bonds. The van der Waals surface area contributed by atoms with Crippen molar-refractivity contribution in [1.82, 2.24) is 14.6 Å². The molecule has 0 aliphatic heterocycles. The van der Waals surface area contributed by atoms with Gasteiger partial charge >= 0.3 is 6.18 Å². The maximum Gasteiger partial charge on any atom is 0.416 e. The predicted molar refractivity (Wildman–Crippen MR) is 121 cm³/mol. The highest BCUT2D eigenvalue weighted by molar-refractivity contribution is 7.89. The van der Waals surface area contributed by atoms with Gasteiger partial charge in [0.2, 0.25) is 10.0 Å². The molecule has 35 heavy (non-hydrogen) atoms. The van der Waals surface area contributed by atoms with Gasteiger partial charge in [-0.05, 0) is 49.2 Å². The van der Waals surface area contributed by atoms with Gasteiger partial charge in [-0.3, -0.25) is 4.79 Å². The second-order valence-corrected chi connectivity index (χ2v) is 9.80. The maximum atomic E-state index is 13.0. The molecule has 2 aromatic heterocycles. The van der Waals surface area contributed by atoms with Crippen LogP contribution in [0.1, 0.15) is 40.4 Å². The Bertz CT molecular complexity index is 1560. The third-order valence-electron chi connectivity index (χ3n) is 5.67. The Morgan fingerprint density at radius 2 is 1.80 bits per heavy atom. The molecule has 4 aromatic rings. The second-order valence-electron chi connectivity index (χ2n) is 8.24. The number of nitrogens with two attached hydrogens (primary N) is 1. The van der Waals surface area contributed by atoms with Crippen LogP contribution in [0.4, 0.5) is 18.9 Å².